The van der Waals surface area contributed by atoms with Gasteiger partial charge in [-0.05, 0) is 37.8 Å². The van der Waals surface area contributed by atoms with E-state index in [1.807, 2.05) is 13.8 Å². The number of esters is 1. The van der Waals surface area contributed by atoms with Crippen molar-refractivity contribution in [3.63, 3.8) is 0 Å². The van der Waals surface area contributed by atoms with Gasteiger partial charge < -0.3 is 20.3 Å². The second kappa shape index (κ2) is 10.5. The first-order valence-electron chi connectivity index (χ1n) is 10.1. The molecule has 0 radical (unpaired) electrons. The lowest BCUT2D eigenvalue weighted by Gasteiger charge is -2.36. The van der Waals surface area contributed by atoms with Crippen molar-refractivity contribution < 1.29 is 29.3 Å². The van der Waals surface area contributed by atoms with Crippen LogP contribution in [0.4, 0.5) is 0 Å². The molecular weight excluding hydrogens is 447 g/mol. The van der Waals surface area contributed by atoms with Crippen LogP contribution in [0.3, 0.4) is 0 Å². The number of rotatable bonds is 9. The molecule has 1 aliphatic rings. The topological polar surface area (TPSA) is 116 Å². The number of phenols is 1. The van der Waals surface area contributed by atoms with Crippen molar-refractivity contribution in [1.82, 2.24) is 10.2 Å². The maximum atomic E-state index is 13.1. The van der Waals surface area contributed by atoms with Gasteiger partial charge in [-0.3, -0.25) is 19.3 Å². The van der Waals surface area contributed by atoms with Gasteiger partial charge in [-0.2, -0.15) is 0 Å². The molecule has 172 valence electrons. The van der Waals surface area contributed by atoms with Crippen molar-refractivity contribution in [2.24, 2.45) is 5.92 Å². The van der Waals surface area contributed by atoms with Crippen molar-refractivity contribution in [3.8, 4) is 5.75 Å². The van der Waals surface area contributed by atoms with E-state index in [2.05, 4.69) is 5.32 Å². The number of carboxylic acid groups (broad SMARTS) is 1. The minimum atomic E-state index is -1.27. The summed E-state index contributed by atoms with van der Waals surface area (Å²) in [6.45, 7) is 5.86. The minimum absolute atomic E-state index is 0.0497. The lowest BCUT2D eigenvalue weighted by Crippen LogP contribution is -2.57. The van der Waals surface area contributed by atoms with E-state index in [9.17, 15) is 24.6 Å². The zero-order valence-corrected chi connectivity index (χ0v) is 19.3. The van der Waals surface area contributed by atoms with Gasteiger partial charge in [0.2, 0.25) is 5.91 Å². The molecule has 1 aliphatic heterocycles. The van der Waals surface area contributed by atoms with E-state index < -0.39 is 29.4 Å². The monoisotopic (exact) mass is 474 g/mol. The Labute approximate surface area is 191 Å². The molecule has 0 bridgehead atoms. The van der Waals surface area contributed by atoms with E-state index in [4.69, 9.17) is 27.9 Å². The number of amides is 1. The van der Waals surface area contributed by atoms with Crippen molar-refractivity contribution in [2.75, 3.05) is 13.2 Å². The Morgan fingerprint density at radius 1 is 1.26 bits per heavy atom. The number of hydrogen-bond acceptors (Lipinski definition) is 6. The predicted octanol–water partition coefficient (Wildman–Crippen LogP) is 3.21. The normalized spacial score (nSPS) is 19.9. The van der Waals surface area contributed by atoms with Gasteiger partial charge in [-0.15, -0.1) is 0 Å². The van der Waals surface area contributed by atoms with Crippen molar-refractivity contribution in [2.45, 2.75) is 58.2 Å². The molecular formula is C21H28Cl2N2O6. The number of likely N-dealkylation sites (tertiary alicyclic amines) is 1. The van der Waals surface area contributed by atoms with Crippen LogP contribution >= 0.6 is 23.2 Å². The first-order valence-corrected chi connectivity index (χ1v) is 10.8. The number of ether oxygens (including phenoxy) is 1. The quantitative estimate of drug-likeness (QED) is 0.470. The van der Waals surface area contributed by atoms with Gasteiger partial charge in [0.05, 0.1) is 23.1 Å². The minimum Gasteiger partial charge on any atom is -0.508 e. The fourth-order valence-corrected chi connectivity index (χ4v) is 4.20. The molecule has 0 aromatic heterocycles. The molecule has 2 rings (SSSR count). The standard InChI is InChI=1S/C21H28Cl2N2O6/c1-12(2)11-31-18(27)9-17(25-6-4-5-21(25,3)20(29)30)19(28)24-10-14-15(22)7-13(26)8-16(14)23/h7-8,12,17,26H,4-6,9-11H2,1-3H3,(H,24,28)(H,29,30)/t17?,21-/m1/s1. The van der Waals surface area contributed by atoms with E-state index in [0.29, 0.717) is 24.9 Å². The largest absolute Gasteiger partial charge is 0.508 e. The van der Waals surface area contributed by atoms with Gasteiger partial charge >= 0.3 is 11.9 Å². The molecule has 0 aliphatic carbocycles. The summed E-state index contributed by atoms with van der Waals surface area (Å²) in [7, 11) is 0. The van der Waals surface area contributed by atoms with Crippen LogP contribution in [0.2, 0.25) is 10.0 Å². The van der Waals surface area contributed by atoms with Crippen molar-refractivity contribution >= 4 is 41.0 Å². The fraction of sp³-hybridized carbons (Fsp3) is 0.571. The molecule has 1 fully saturated rings. The van der Waals surface area contributed by atoms with Gasteiger partial charge in [0.25, 0.3) is 0 Å². The van der Waals surface area contributed by atoms with Crippen LogP contribution in [-0.4, -0.2) is 57.7 Å². The summed E-state index contributed by atoms with van der Waals surface area (Å²) >= 11 is 12.2. The number of phenolic OH excluding ortho intramolecular Hbond substituents is 1. The molecule has 1 saturated heterocycles. The Bertz CT molecular complexity index is 824. The number of nitrogens with zero attached hydrogens (tertiary/aromatic N) is 1. The highest BCUT2D eigenvalue weighted by atomic mass is 35.5. The lowest BCUT2D eigenvalue weighted by molar-refractivity contribution is -0.156. The van der Waals surface area contributed by atoms with Gasteiger partial charge in [0.1, 0.15) is 17.3 Å². The van der Waals surface area contributed by atoms with Gasteiger partial charge in [0.15, 0.2) is 0 Å². The average molecular weight is 475 g/mol. The molecule has 8 nitrogen and oxygen atoms in total. The van der Waals surface area contributed by atoms with Crippen LogP contribution < -0.4 is 5.32 Å². The van der Waals surface area contributed by atoms with Gasteiger partial charge in [-0.25, -0.2) is 0 Å². The molecule has 1 aromatic carbocycles. The van der Waals surface area contributed by atoms with Gasteiger partial charge in [0, 0.05) is 18.7 Å². The second-order valence-corrected chi connectivity index (χ2v) is 9.09. The highest BCUT2D eigenvalue weighted by Gasteiger charge is 2.48. The summed E-state index contributed by atoms with van der Waals surface area (Å²) in [6, 6.07) is 1.58. The van der Waals surface area contributed by atoms with E-state index >= 15 is 0 Å². The highest BCUT2D eigenvalue weighted by molar-refractivity contribution is 6.36. The first kappa shape index (κ1) is 25.2. The third-order valence-corrected chi connectivity index (χ3v) is 6.01. The third-order valence-electron chi connectivity index (χ3n) is 5.34. The first-order chi connectivity index (χ1) is 14.5. The summed E-state index contributed by atoms with van der Waals surface area (Å²) in [5.41, 5.74) is -0.869. The zero-order valence-electron chi connectivity index (χ0n) is 17.8. The summed E-state index contributed by atoms with van der Waals surface area (Å²) in [4.78, 5) is 38.9. The molecule has 31 heavy (non-hydrogen) atoms. The molecule has 10 heteroatoms. The molecule has 1 aromatic rings. The summed E-state index contributed by atoms with van der Waals surface area (Å²) < 4.78 is 5.22. The summed E-state index contributed by atoms with van der Waals surface area (Å²) in [6.07, 6.45) is 0.671. The molecule has 0 spiro atoms. The maximum Gasteiger partial charge on any atom is 0.323 e. The van der Waals surface area contributed by atoms with E-state index in [1.165, 1.54) is 12.1 Å². The molecule has 0 saturated carbocycles. The maximum absolute atomic E-state index is 13.1. The third kappa shape index (κ3) is 6.24. The number of benzene rings is 1. The molecule has 1 unspecified atom stereocenters. The van der Waals surface area contributed by atoms with E-state index in [0.717, 1.165) is 0 Å². The van der Waals surface area contributed by atoms with Gasteiger partial charge in [-0.1, -0.05) is 37.0 Å². The highest BCUT2D eigenvalue weighted by Crippen LogP contribution is 2.33. The number of hydrogen-bond donors (Lipinski definition) is 3. The summed E-state index contributed by atoms with van der Waals surface area (Å²) in [5, 5.41) is 22.3. The average Bonchev–Trinajstić information content (AvgIpc) is 3.06. The van der Waals surface area contributed by atoms with Crippen LogP contribution in [0.5, 0.6) is 5.75 Å². The van der Waals surface area contributed by atoms with Crippen molar-refractivity contribution in [3.05, 3.63) is 27.7 Å². The van der Waals surface area contributed by atoms with Crippen molar-refractivity contribution in [1.29, 1.82) is 0 Å². The number of aromatic hydroxyl groups is 1. The number of carbonyl (C=O) groups is 3. The summed E-state index contributed by atoms with van der Waals surface area (Å²) in [5.74, 6) is -2.13. The Hall–Kier alpha value is -2.03. The number of carboxylic acids is 1. The molecule has 1 heterocycles. The van der Waals surface area contributed by atoms with Crippen LogP contribution in [-0.2, 0) is 25.7 Å². The number of carbonyl (C=O) groups excluding carboxylic acids is 2. The number of aliphatic carboxylic acids is 1. The van der Waals surface area contributed by atoms with Crippen LogP contribution in [0.15, 0.2) is 12.1 Å². The van der Waals surface area contributed by atoms with Crippen LogP contribution in [0.1, 0.15) is 45.6 Å². The SMILES string of the molecule is CC(C)COC(=O)CC(C(=O)NCc1c(Cl)cc(O)cc1Cl)N1CCC[C@]1(C)C(=O)O. The zero-order chi connectivity index (χ0) is 23.3. The fourth-order valence-electron chi connectivity index (χ4n) is 3.59. The molecule has 3 N–H and O–H groups in total. The molecule has 2 atom stereocenters. The Morgan fingerprint density at radius 2 is 1.87 bits per heavy atom. The lowest BCUT2D eigenvalue weighted by atomic mass is 9.96. The Kier molecular flexibility index (Phi) is 8.57. The Morgan fingerprint density at radius 3 is 2.42 bits per heavy atom. The van der Waals surface area contributed by atoms with Crippen LogP contribution in [0, 0.1) is 5.92 Å². The van der Waals surface area contributed by atoms with Crippen LogP contribution in [0.25, 0.3) is 0 Å². The predicted molar refractivity (Wildman–Crippen MR) is 116 cm³/mol. The molecule has 1 amide bonds. The van der Waals surface area contributed by atoms with E-state index in [1.54, 1.807) is 11.8 Å². The second-order valence-electron chi connectivity index (χ2n) is 8.28. The number of nitrogens with one attached hydrogen (secondary N) is 1. The number of halogens is 2. The Balaban J connectivity index is 2.22. The van der Waals surface area contributed by atoms with E-state index in [-0.39, 0.29) is 41.3 Å². The smallest absolute Gasteiger partial charge is 0.323 e.